The SMILES string of the molecule is CNC(c1ccccn1)C(C)(C)C(=O)O. The van der Waals surface area contributed by atoms with Gasteiger partial charge in [-0.05, 0) is 33.0 Å². The van der Waals surface area contributed by atoms with Crippen LogP contribution in [-0.2, 0) is 4.79 Å². The average Bonchev–Trinajstić information content (AvgIpc) is 2.19. The van der Waals surface area contributed by atoms with Gasteiger partial charge in [0.1, 0.15) is 0 Å². The fraction of sp³-hybridized carbons (Fsp3) is 0.455. The molecular formula is C11H16N2O2. The maximum absolute atomic E-state index is 11.1. The molecule has 1 unspecified atom stereocenters. The number of nitrogens with zero attached hydrogens (tertiary/aromatic N) is 1. The molecule has 0 amide bonds. The van der Waals surface area contributed by atoms with E-state index >= 15 is 0 Å². The number of pyridine rings is 1. The van der Waals surface area contributed by atoms with Crippen molar-refractivity contribution >= 4 is 5.97 Å². The van der Waals surface area contributed by atoms with E-state index in [-0.39, 0.29) is 6.04 Å². The number of carboxylic acids is 1. The Morgan fingerprint density at radius 1 is 1.53 bits per heavy atom. The van der Waals surface area contributed by atoms with Crippen LogP contribution in [0.5, 0.6) is 0 Å². The Balaban J connectivity index is 3.05. The van der Waals surface area contributed by atoms with Crippen molar-refractivity contribution in [2.75, 3.05) is 7.05 Å². The van der Waals surface area contributed by atoms with Crippen LogP contribution >= 0.6 is 0 Å². The van der Waals surface area contributed by atoms with Crippen molar-refractivity contribution in [1.29, 1.82) is 0 Å². The Bertz CT molecular complexity index is 336. The summed E-state index contributed by atoms with van der Waals surface area (Å²) in [5.74, 6) is -0.840. The summed E-state index contributed by atoms with van der Waals surface area (Å²) in [5, 5.41) is 12.1. The van der Waals surface area contributed by atoms with Gasteiger partial charge in [0.15, 0.2) is 0 Å². The van der Waals surface area contributed by atoms with Crippen LogP contribution in [0.2, 0.25) is 0 Å². The molecule has 0 fully saturated rings. The molecule has 0 aromatic carbocycles. The molecule has 15 heavy (non-hydrogen) atoms. The first-order chi connectivity index (χ1) is 7.00. The van der Waals surface area contributed by atoms with Crippen molar-refractivity contribution < 1.29 is 9.90 Å². The summed E-state index contributed by atoms with van der Waals surface area (Å²) in [6.07, 6.45) is 1.66. The van der Waals surface area contributed by atoms with Crippen LogP contribution in [0.1, 0.15) is 25.6 Å². The van der Waals surface area contributed by atoms with E-state index in [1.807, 2.05) is 18.2 Å². The Labute approximate surface area is 89.3 Å². The van der Waals surface area contributed by atoms with Crippen molar-refractivity contribution in [2.45, 2.75) is 19.9 Å². The van der Waals surface area contributed by atoms with E-state index < -0.39 is 11.4 Å². The van der Waals surface area contributed by atoms with E-state index in [4.69, 9.17) is 5.11 Å². The number of aliphatic carboxylic acids is 1. The van der Waals surface area contributed by atoms with Crippen molar-refractivity contribution in [3.63, 3.8) is 0 Å². The van der Waals surface area contributed by atoms with Crippen LogP contribution in [0.4, 0.5) is 0 Å². The van der Waals surface area contributed by atoms with Gasteiger partial charge in [0, 0.05) is 6.20 Å². The minimum Gasteiger partial charge on any atom is -0.481 e. The minimum atomic E-state index is -0.886. The molecule has 4 heteroatoms. The number of carboxylic acid groups (broad SMARTS) is 1. The number of aromatic nitrogens is 1. The molecule has 1 atom stereocenters. The summed E-state index contributed by atoms with van der Waals surface area (Å²) in [6.45, 7) is 3.37. The van der Waals surface area contributed by atoms with Gasteiger partial charge in [0.05, 0.1) is 17.2 Å². The van der Waals surface area contributed by atoms with Crippen molar-refractivity contribution in [2.24, 2.45) is 5.41 Å². The lowest BCUT2D eigenvalue weighted by molar-refractivity contribution is -0.148. The Morgan fingerprint density at radius 2 is 2.20 bits per heavy atom. The molecule has 82 valence electrons. The van der Waals surface area contributed by atoms with Gasteiger partial charge in [-0.2, -0.15) is 0 Å². The fourth-order valence-electron chi connectivity index (χ4n) is 1.55. The number of nitrogens with one attached hydrogen (secondary N) is 1. The highest BCUT2D eigenvalue weighted by atomic mass is 16.4. The smallest absolute Gasteiger partial charge is 0.311 e. The molecule has 0 aliphatic rings. The van der Waals surface area contributed by atoms with Crippen LogP contribution in [0.25, 0.3) is 0 Å². The van der Waals surface area contributed by atoms with Crippen LogP contribution < -0.4 is 5.32 Å². The molecule has 0 aliphatic heterocycles. The molecule has 4 nitrogen and oxygen atoms in total. The predicted octanol–water partition coefficient (Wildman–Crippen LogP) is 1.45. The maximum Gasteiger partial charge on any atom is 0.311 e. The molecule has 0 aliphatic carbocycles. The summed E-state index contributed by atoms with van der Waals surface area (Å²) in [4.78, 5) is 15.3. The standard InChI is InChI=1S/C11H16N2O2/c1-11(2,10(14)15)9(12-3)8-6-4-5-7-13-8/h4-7,9,12H,1-3H3,(H,14,15). The molecule has 0 radical (unpaired) electrons. The zero-order valence-electron chi connectivity index (χ0n) is 9.19. The number of rotatable bonds is 4. The molecule has 0 saturated carbocycles. The Hall–Kier alpha value is -1.42. The second-order valence-electron chi connectivity index (χ2n) is 4.00. The van der Waals surface area contributed by atoms with Gasteiger partial charge >= 0.3 is 5.97 Å². The zero-order chi connectivity index (χ0) is 11.5. The van der Waals surface area contributed by atoms with Gasteiger partial charge < -0.3 is 10.4 Å². The Morgan fingerprint density at radius 3 is 2.60 bits per heavy atom. The van der Waals surface area contributed by atoms with Crippen LogP contribution in [0, 0.1) is 5.41 Å². The molecule has 0 bridgehead atoms. The second kappa shape index (κ2) is 4.40. The first-order valence-electron chi connectivity index (χ1n) is 4.81. The number of carbonyl (C=O) groups is 1. The largest absolute Gasteiger partial charge is 0.481 e. The number of hydrogen-bond acceptors (Lipinski definition) is 3. The summed E-state index contributed by atoms with van der Waals surface area (Å²) >= 11 is 0. The van der Waals surface area contributed by atoms with E-state index in [1.54, 1.807) is 27.1 Å². The highest BCUT2D eigenvalue weighted by Crippen LogP contribution is 2.31. The van der Waals surface area contributed by atoms with E-state index in [1.165, 1.54) is 0 Å². The van der Waals surface area contributed by atoms with Gasteiger partial charge in [-0.15, -0.1) is 0 Å². The fourth-order valence-corrected chi connectivity index (χ4v) is 1.55. The van der Waals surface area contributed by atoms with Crippen LogP contribution in [0.15, 0.2) is 24.4 Å². The van der Waals surface area contributed by atoms with Gasteiger partial charge in [0.2, 0.25) is 0 Å². The highest BCUT2D eigenvalue weighted by Gasteiger charge is 2.37. The Kier molecular flexibility index (Phi) is 3.42. The minimum absolute atomic E-state index is 0.295. The molecule has 1 aromatic heterocycles. The van der Waals surface area contributed by atoms with Crippen LogP contribution in [-0.4, -0.2) is 23.1 Å². The lowest BCUT2D eigenvalue weighted by atomic mass is 9.82. The van der Waals surface area contributed by atoms with Gasteiger partial charge in [0.25, 0.3) is 0 Å². The van der Waals surface area contributed by atoms with Gasteiger partial charge in [-0.25, -0.2) is 0 Å². The molecule has 1 heterocycles. The monoisotopic (exact) mass is 208 g/mol. The third-order valence-electron chi connectivity index (χ3n) is 2.55. The lowest BCUT2D eigenvalue weighted by Crippen LogP contribution is -2.38. The van der Waals surface area contributed by atoms with Gasteiger partial charge in [-0.1, -0.05) is 6.07 Å². The topological polar surface area (TPSA) is 62.2 Å². The van der Waals surface area contributed by atoms with Crippen molar-refractivity contribution in [1.82, 2.24) is 10.3 Å². The predicted molar refractivity (Wildman–Crippen MR) is 57.5 cm³/mol. The summed E-state index contributed by atoms with van der Waals surface area (Å²) < 4.78 is 0. The van der Waals surface area contributed by atoms with Crippen molar-refractivity contribution in [3.05, 3.63) is 30.1 Å². The van der Waals surface area contributed by atoms with Crippen LogP contribution in [0.3, 0.4) is 0 Å². The quantitative estimate of drug-likeness (QED) is 0.786. The molecule has 0 saturated heterocycles. The zero-order valence-corrected chi connectivity index (χ0v) is 9.19. The van der Waals surface area contributed by atoms with E-state index in [0.29, 0.717) is 0 Å². The van der Waals surface area contributed by atoms with E-state index in [9.17, 15) is 4.79 Å². The molecule has 2 N–H and O–H groups in total. The summed E-state index contributed by atoms with van der Waals surface area (Å²) in [6, 6.07) is 5.19. The van der Waals surface area contributed by atoms with Crippen molar-refractivity contribution in [3.8, 4) is 0 Å². The number of hydrogen-bond donors (Lipinski definition) is 2. The van der Waals surface area contributed by atoms with E-state index in [2.05, 4.69) is 10.3 Å². The first-order valence-corrected chi connectivity index (χ1v) is 4.81. The van der Waals surface area contributed by atoms with E-state index in [0.717, 1.165) is 5.69 Å². The third-order valence-corrected chi connectivity index (χ3v) is 2.55. The normalized spacial score (nSPS) is 13.5. The molecular weight excluding hydrogens is 192 g/mol. The summed E-state index contributed by atoms with van der Waals surface area (Å²) in [7, 11) is 1.74. The molecule has 1 rings (SSSR count). The summed E-state index contributed by atoms with van der Waals surface area (Å²) in [5.41, 5.74) is -0.143. The maximum atomic E-state index is 11.1. The molecule has 1 aromatic rings. The first kappa shape index (κ1) is 11.7. The third kappa shape index (κ3) is 2.33. The second-order valence-corrected chi connectivity index (χ2v) is 4.00. The lowest BCUT2D eigenvalue weighted by Gasteiger charge is -2.29. The van der Waals surface area contributed by atoms with Gasteiger partial charge in [-0.3, -0.25) is 9.78 Å². The average molecular weight is 208 g/mol. The molecule has 0 spiro atoms. The highest BCUT2D eigenvalue weighted by molar-refractivity contribution is 5.74.